The molecule has 3 rings (SSSR count). The molecule has 3 nitrogen and oxygen atoms in total. The van der Waals surface area contributed by atoms with Gasteiger partial charge in [-0.2, -0.15) is 0 Å². The number of para-hydroxylation sites is 1. The Labute approximate surface area is 113 Å². The van der Waals surface area contributed by atoms with Gasteiger partial charge in [-0.25, -0.2) is 0 Å². The summed E-state index contributed by atoms with van der Waals surface area (Å²) in [6, 6.07) is 6.18. The van der Waals surface area contributed by atoms with Gasteiger partial charge in [0.25, 0.3) is 0 Å². The van der Waals surface area contributed by atoms with Crippen LogP contribution in [-0.2, 0) is 4.74 Å². The molecule has 4 heteroatoms. The predicted molar refractivity (Wildman–Crippen MR) is 75.2 cm³/mol. The van der Waals surface area contributed by atoms with E-state index in [-0.39, 0.29) is 0 Å². The molecule has 1 heterocycles. The van der Waals surface area contributed by atoms with Gasteiger partial charge < -0.3 is 15.4 Å². The Hall–Kier alpha value is -0.930. The van der Waals surface area contributed by atoms with Crippen molar-refractivity contribution in [1.82, 2.24) is 0 Å². The van der Waals surface area contributed by atoms with Crippen LogP contribution >= 0.6 is 11.6 Å². The molecule has 2 N–H and O–H groups in total. The van der Waals surface area contributed by atoms with Crippen LogP contribution in [0.1, 0.15) is 25.7 Å². The fourth-order valence-corrected chi connectivity index (χ4v) is 3.50. The standard InChI is InChI=1S/C14H19ClN2O/c15-10-4-3-5-11(16)14(10)17-8-9-18-13-7-2-1-6-12(13)17/h3-5,12-13H,1-2,6-9,16H2. The Morgan fingerprint density at radius 1 is 1.28 bits per heavy atom. The minimum atomic E-state index is 0.350. The van der Waals surface area contributed by atoms with Gasteiger partial charge in [-0.15, -0.1) is 0 Å². The Balaban J connectivity index is 1.94. The number of hydrogen-bond donors (Lipinski definition) is 1. The van der Waals surface area contributed by atoms with Crippen molar-refractivity contribution in [2.75, 3.05) is 23.8 Å². The zero-order chi connectivity index (χ0) is 12.5. The number of halogens is 1. The highest BCUT2D eigenvalue weighted by Crippen LogP contribution is 2.38. The number of fused-ring (bicyclic) bond motifs is 1. The second kappa shape index (κ2) is 4.98. The van der Waals surface area contributed by atoms with Crippen LogP contribution in [0.25, 0.3) is 0 Å². The summed E-state index contributed by atoms with van der Waals surface area (Å²) in [5, 5.41) is 0.751. The van der Waals surface area contributed by atoms with Crippen LogP contribution in [-0.4, -0.2) is 25.3 Å². The first kappa shape index (κ1) is 12.1. The smallest absolute Gasteiger partial charge is 0.0793 e. The second-order valence-electron chi connectivity index (χ2n) is 5.13. The van der Waals surface area contributed by atoms with E-state index in [4.69, 9.17) is 22.1 Å². The second-order valence-corrected chi connectivity index (χ2v) is 5.54. The number of morpholine rings is 1. The monoisotopic (exact) mass is 266 g/mol. The fraction of sp³-hybridized carbons (Fsp3) is 0.571. The van der Waals surface area contributed by atoms with E-state index in [2.05, 4.69) is 4.90 Å². The summed E-state index contributed by atoms with van der Waals surface area (Å²) in [5.74, 6) is 0. The molecule has 98 valence electrons. The number of rotatable bonds is 1. The van der Waals surface area contributed by atoms with Crippen molar-refractivity contribution in [3.8, 4) is 0 Å². The summed E-state index contributed by atoms with van der Waals surface area (Å²) in [6.45, 7) is 1.65. The number of nitrogen functional groups attached to an aromatic ring is 1. The molecule has 1 aliphatic carbocycles. The minimum Gasteiger partial charge on any atom is -0.397 e. The first-order valence-electron chi connectivity index (χ1n) is 6.69. The number of benzene rings is 1. The average Bonchev–Trinajstić information content (AvgIpc) is 2.39. The molecular formula is C14H19ClN2O. The third-order valence-electron chi connectivity index (χ3n) is 4.04. The number of ether oxygens (including phenoxy) is 1. The van der Waals surface area contributed by atoms with Crippen molar-refractivity contribution in [2.24, 2.45) is 0 Å². The van der Waals surface area contributed by atoms with Crippen LogP contribution in [0.3, 0.4) is 0 Å². The van der Waals surface area contributed by atoms with Crippen molar-refractivity contribution >= 4 is 23.0 Å². The Bertz CT molecular complexity index is 416. The fourth-order valence-electron chi connectivity index (χ4n) is 3.21. The summed E-state index contributed by atoms with van der Waals surface area (Å²) >= 11 is 6.33. The van der Waals surface area contributed by atoms with E-state index in [9.17, 15) is 0 Å². The number of nitrogens with zero attached hydrogens (tertiary/aromatic N) is 1. The zero-order valence-electron chi connectivity index (χ0n) is 10.4. The van der Waals surface area contributed by atoms with Gasteiger partial charge in [-0.05, 0) is 25.0 Å². The molecule has 0 amide bonds. The lowest BCUT2D eigenvalue weighted by atomic mass is 9.89. The molecule has 0 aromatic heterocycles. The van der Waals surface area contributed by atoms with Crippen molar-refractivity contribution in [3.05, 3.63) is 23.2 Å². The van der Waals surface area contributed by atoms with E-state index in [1.54, 1.807) is 0 Å². The molecule has 0 bridgehead atoms. The van der Waals surface area contributed by atoms with E-state index in [1.165, 1.54) is 19.3 Å². The molecule has 1 aromatic carbocycles. The van der Waals surface area contributed by atoms with Crippen LogP contribution in [0.4, 0.5) is 11.4 Å². The topological polar surface area (TPSA) is 38.5 Å². The van der Waals surface area contributed by atoms with Gasteiger partial charge in [0.05, 0.1) is 35.2 Å². The molecule has 0 radical (unpaired) electrons. The first-order valence-corrected chi connectivity index (χ1v) is 7.07. The average molecular weight is 267 g/mol. The SMILES string of the molecule is Nc1cccc(Cl)c1N1CCOC2CCCCC21. The van der Waals surface area contributed by atoms with E-state index < -0.39 is 0 Å². The lowest BCUT2D eigenvalue weighted by Crippen LogP contribution is -2.53. The first-order chi connectivity index (χ1) is 8.77. The molecular weight excluding hydrogens is 248 g/mol. The van der Waals surface area contributed by atoms with E-state index in [0.717, 1.165) is 36.0 Å². The summed E-state index contributed by atoms with van der Waals surface area (Å²) < 4.78 is 5.89. The maximum atomic E-state index is 6.33. The van der Waals surface area contributed by atoms with Crippen LogP contribution in [0.2, 0.25) is 5.02 Å². The number of anilines is 2. The van der Waals surface area contributed by atoms with Gasteiger partial charge in [0.1, 0.15) is 0 Å². The molecule has 0 spiro atoms. The highest BCUT2D eigenvalue weighted by molar-refractivity contribution is 6.34. The van der Waals surface area contributed by atoms with Gasteiger partial charge in [0.2, 0.25) is 0 Å². The molecule has 2 atom stereocenters. The molecule has 1 saturated heterocycles. The molecule has 1 saturated carbocycles. The molecule has 2 fully saturated rings. The third-order valence-corrected chi connectivity index (χ3v) is 4.34. The van der Waals surface area contributed by atoms with Crippen LogP contribution in [0.15, 0.2) is 18.2 Å². The minimum absolute atomic E-state index is 0.350. The largest absolute Gasteiger partial charge is 0.397 e. The molecule has 1 aromatic rings. The number of hydrogen-bond acceptors (Lipinski definition) is 3. The quantitative estimate of drug-likeness (QED) is 0.794. The maximum absolute atomic E-state index is 6.33. The van der Waals surface area contributed by atoms with Gasteiger partial charge in [-0.3, -0.25) is 0 Å². The lowest BCUT2D eigenvalue weighted by molar-refractivity contribution is -0.00861. The lowest BCUT2D eigenvalue weighted by Gasteiger charge is -2.45. The van der Waals surface area contributed by atoms with Gasteiger partial charge >= 0.3 is 0 Å². The zero-order valence-corrected chi connectivity index (χ0v) is 11.2. The summed E-state index contributed by atoms with van der Waals surface area (Å²) in [7, 11) is 0. The molecule has 2 unspecified atom stereocenters. The highest BCUT2D eigenvalue weighted by atomic mass is 35.5. The number of nitrogens with two attached hydrogens (primary N) is 1. The van der Waals surface area contributed by atoms with E-state index in [1.807, 2.05) is 18.2 Å². The van der Waals surface area contributed by atoms with Crippen molar-refractivity contribution < 1.29 is 4.74 Å². The summed E-state index contributed by atoms with van der Waals surface area (Å²) in [4.78, 5) is 2.37. The van der Waals surface area contributed by atoms with Crippen molar-refractivity contribution in [3.63, 3.8) is 0 Å². The normalized spacial score (nSPS) is 27.9. The van der Waals surface area contributed by atoms with E-state index in [0.29, 0.717) is 12.1 Å². The Kier molecular flexibility index (Phi) is 3.35. The predicted octanol–water partition coefficient (Wildman–Crippen LogP) is 3.07. The van der Waals surface area contributed by atoms with Crippen LogP contribution in [0, 0.1) is 0 Å². The Morgan fingerprint density at radius 3 is 2.94 bits per heavy atom. The van der Waals surface area contributed by atoms with Crippen LogP contribution < -0.4 is 10.6 Å². The highest BCUT2D eigenvalue weighted by Gasteiger charge is 2.35. The third kappa shape index (κ3) is 2.06. The van der Waals surface area contributed by atoms with Crippen molar-refractivity contribution in [1.29, 1.82) is 0 Å². The van der Waals surface area contributed by atoms with Gasteiger partial charge in [0, 0.05) is 6.54 Å². The summed E-state index contributed by atoms with van der Waals surface area (Å²) in [5.41, 5.74) is 7.88. The van der Waals surface area contributed by atoms with E-state index >= 15 is 0 Å². The van der Waals surface area contributed by atoms with Gasteiger partial charge in [-0.1, -0.05) is 30.5 Å². The maximum Gasteiger partial charge on any atom is 0.0793 e. The Morgan fingerprint density at radius 2 is 2.11 bits per heavy atom. The van der Waals surface area contributed by atoms with Gasteiger partial charge in [0.15, 0.2) is 0 Å². The van der Waals surface area contributed by atoms with Crippen molar-refractivity contribution in [2.45, 2.75) is 37.8 Å². The molecule has 1 aliphatic heterocycles. The molecule has 2 aliphatic rings. The van der Waals surface area contributed by atoms with Crippen LogP contribution in [0.5, 0.6) is 0 Å². The summed E-state index contributed by atoms with van der Waals surface area (Å²) in [6.07, 6.45) is 5.22. The molecule has 18 heavy (non-hydrogen) atoms.